The van der Waals surface area contributed by atoms with Crippen LogP contribution in [0.25, 0.3) is 0 Å². The van der Waals surface area contributed by atoms with E-state index in [0.29, 0.717) is 35.1 Å². The van der Waals surface area contributed by atoms with Crippen molar-refractivity contribution in [2.24, 2.45) is 5.92 Å². The number of aryl methyl sites for hydroxylation is 2. The first kappa shape index (κ1) is 43.1. The molecule has 0 aliphatic rings. The van der Waals surface area contributed by atoms with Crippen LogP contribution in [0.5, 0.6) is 0 Å². The third-order valence-corrected chi connectivity index (χ3v) is 10.9. The van der Waals surface area contributed by atoms with Crippen molar-refractivity contribution in [3.8, 4) is 0 Å². The van der Waals surface area contributed by atoms with Crippen molar-refractivity contribution < 1.29 is 28.7 Å². The number of benzene rings is 2. The summed E-state index contributed by atoms with van der Waals surface area (Å²) >= 11 is 4.29. The van der Waals surface area contributed by atoms with E-state index in [1.807, 2.05) is 43.3 Å². The molecule has 17 heteroatoms. The molecule has 4 amide bonds. The van der Waals surface area contributed by atoms with Crippen molar-refractivity contribution in [2.75, 3.05) is 22.1 Å². The lowest BCUT2D eigenvalue weighted by atomic mass is 9.76. The van der Waals surface area contributed by atoms with E-state index in [4.69, 9.17) is 9.47 Å². The predicted molar refractivity (Wildman–Crippen MR) is 217 cm³/mol. The Labute approximate surface area is 334 Å². The predicted octanol–water partition coefficient (Wildman–Crippen LogP) is 7.52. The number of hydrogen-bond donors (Lipinski definition) is 4. The smallest absolute Gasteiger partial charge is 0.408 e. The summed E-state index contributed by atoms with van der Waals surface area (Å²) in [5.74, 6) is 0.0847. The molecule has 2 aromatic carbocycles. The minimum Gasteiger partial charge on any atom is -0.444 e. The van der Waals surface area contributed by atoms with Crippen LogP contribution in [-0.2, 0) is 37.4 Å². The summed E-state index contributed by atoms with van der Waals surface area (Å²) in [6.45, 7) is 14.3. The largest absolute Gasteiger partial charge is 0.444 e. The molecule has 0 aliphatic heterocycles. The Morgan fingerprint density at radius 2 is 1.20 bits per heavy atom. The number of nitrogens with zero attached hydrogens (tertiary/aromatic N) is 4. The summed E-state index contributed by atoms with van der Waals surface area (Å²) in [4.78, 5) is 52.3. The van der Waals surface area contributed by atoms with Crippen LogP contribution in [0.1, 0.15) is 89.0 Å². The van der Waals surface area contributed by atoms with E-state index in [1.165, 1.54) is 22.7 Å². The number of aromatic nitrogens is 4. The highest BCUT2D eigenvalue weighted by atomic mass is 32.2. The van der Waals surface area contributed by atoms with Gasteiger partial charge in [0.25, 0.3) is 5.91 Å². The summed E-state index contributed by atoms with van der Waals surface area (Å²) in [6, 6.07) is 17.3. The average molecular weight is 811 g/mol. The number of thioether (sulfide) groups is 1. The van der Waals surface area contributed by atoms with Gasteiger partial charge in [0.05, 0.1) is 11.5 Å². The first-order valence-corrected chi connectivity index (χ1v) is 20.7. The van der Waals surface area contributed by atoms with Crippen molar-refractivity contribution in [1.82, 2.24) is 31.0 Å². The topological polar surface area (TPSA) is 186 Å². The van der Waals surface area contributed by atoms with Crippen LogP contribution >= 0.6 is 34.4 Å². The van der Waals surface area contributed by atoms with Crippen molar-refractivity contribution >= 4 is 68.7 Å². The second-order valence-corrected chi connectivity index (χ2v) is 18.0. The minimum atomic E-state index is -1.03. The molecule has 0 fully saturated rings. The Morgan fingerprint density at radius 3 is 1.71 bits per heavy atom. The normalized spacial score (nSPS) is 13.8. The zero-order valence-electron chi connectivity index (χ0n) is 32.4. The van der Waals surface area contributed by atoms with Crippen LogP contribution < -0.4 is 21.3 Å². The molecular weight excluding hydrogens is 761 g/mol. The Morgan fingerprint density at radius 1 is 0.709 bits per heavy atom. The number of carbonyl (C=O) groups excluding carboxylic acids is 4. The highest BCUT2D eigenvalue weighted by Crippen LogP contribution is 2.35. The summed E-state index contributed by atoms with van der Waals surface area (Å²) in [5.41, 5.74) is -1.06. The molecule has 2 aromatic heterocycles. The van der Waals surface area contributed by atoms with Gasteiger partial charge in [-0.2, -0.15) is 11.8 Å². The Hall–Kier alpha value is -4.61. The first-order valence-electron chi connectivity index (χ1n) is 17.9. The number of amides is 4. The summed E-state index contributed by atoms with van der Waals surface area (Å²) in [7, 11) is 0. The molecule has 0 spiro atoms. The highest BCUT2D eigenvalue weighted by Gasteiger charge is 2.43. The third kappa shape index (κ3) is 13.3. The molecule has 0 bridgehead atoms. The fraction of sp³-hybridized carbons (Fsp3) is 0.474. The number of carbonyl (C=O) groups is 4. The number of rotatable bonds is 16. The molecule has 4 N–H and O–H groups in total. The molecule has 4 aromatic rings. The number of ether oxygens (including phenoxy) is 2. The molecule has 3 unspecified atom stereocenters. The zero-order chi connectivity index (χ0) is 40.2. The lowest BCUT2D eigenvalue weighted by Crippen LogP contribution is -2.54. The van der Waals surface area contributed by atoms with E-state index in [1.54, 1.807) is 84.5 Å². The highest BCUT2D eigenvalue weighted by molar-refractivity contribution is 7.99. The van der Waals surface area contributed by atoms with E-state index < -0.39 is 46.8 Å². The van der Waals surface area contributed by atoms with Crippen LogP contribution in [0.4, 0.5) is 19.9 Å². The minimum absolute atomic E-state index is 0.304. The fourth-order valence-electron chi connectivity index (χ4n) is 5.47. The Kier molecular flexibility index (Phi) is 15.1. The summed E-state index contributed by atoms with van der Waals surface area (Å²) in [5, 5.41) is 30.4. The molecule has 4 rings (SSSR count). The van der Waals surface area contributed by atoms with Gasteiger partial charge in [-0.3, -0.25) is 14.9 Å². The third-order valence-electron chi connectivity index (χ3n) is 8.07. The van der Waals surface area contributed by atoms with Gasteiger partial charge in [-0.25, -0.2) is 9.59 Å². The van der Waals surface area contributed by atoms with Gasteiger partial charge in [0.2, 0.25) is 16.2 Å². The standard InChI is InChI=1S/C38H50N8O6S3/c1-9-38(26-18-14-11-15-19-26,42-35(50)52-37(6,7)8)24(2)30(47)40-32-45-43-27(54-32)20-22-53-23-21-28-44-46-33(55-28)41-31(48)29(25-16-12-10-13-17-25)39-34(49)51-36(3,4)5/h10-19,24,29H,9,20-23H2,1-8H3,(H,39,49)(H,42,50)(H,40,45,47)(H,41,46,48). The number of hydrogen-bond acceptors (Lipinski definition) is 13. The maximum Gasteiger partial charge on any atom is 0.408 e. The van der Waals surface area contributed by atoms with E-state index in [9.17, 15) is 19.2 Å². The first-order chi connectivity index (χ1) is 26.0. The summed E-state index contributed by atoms with van der Waals surface area (Å²) < 4.78 is 10.9. The van der Waals surface area contributed by atoms with Gasteiger partial charge in [0.15, 0.2) is 0 Å². The quantitative estimate of drug-likeness (QED) is 0.0821. The maximum absolute atomic E-state index is 13.6. The van der Waals surface area contributed by atoms with E-state index in [2.05, 4.69) is 41.7 Å². The van der Waals surface area contributed by atoms with Crippen molar-refractivity contribution in [3.63, 3.8) is 0 Å². The van der Waals surface area contributed by atoms with Crippen LogP contribution in [0, 0.1) is 5.92 Å². The number of anilines is 2. The van der Waals surface area contributed by atoms with Gasteiger partial charge >= 0.3 is 12.2 Å². The zero-order valence-corrected chi connectivity index (χ0v) is 34.9. The van der Waals surface area contributed by atoms with E-state index in [-0.39, 0.29) is 5.91 Å². The van der Waals surface area contributed by atoms with Crippen LogP contribution in [-0.4, -0.2) is 67.1 Å². The molecule has 2 heterocycles. The fourth-order valence-corrected chi connectivity index (χ4v) is 8.09. The van der Waals surface area contributed by atoms with Crippen molar-refractivity contribution in [2.45, 2.75) is 97.4 Å². The number of alkyl carbamates (subject to hydrolysis) is 2. The van der Waals surface area contributed by atoms with Gasteiger partial charge in [0, 0.05) is 12.8 Å². The number of nitrogens with one attached hydrogen (secondary N) is 4. The van der Waals surface area contributed by atoms with Crippen LogP contribution in [0.2, 0.25) is 0 Å². The lowest BCUT2D eigenvalue weighted by Gasteiger charge is -2.39. The maximum atomic E-state index is 13.6. The second kappa shape index (κ2) is 19.3. The van der Waals surface area contributed by atoms with Crippen molar-refractivity contribution in [1.29, 1.82) is 0 Å². The Bertz CT molecular complexity index is 1880. The molecule has 14 nitrogen and oxygen atoms in total. The molecule has 0 saturated carbocycles. The lowest BCUT2D eigenvalue weighted by molar-refractivity contribution is -0.122. The van der Waals surface area contributed by atoms with Crippen molar-refractivity contribution in [3.05, 3.63) is 81.8 Å². The van der Waals surface area contributed by atoms with Gasteiger partial charge in [-0.1, -0.05) is 97.2 Å². The van der Waals surface area contributed by atoms with Gasteiger partial charge in [-0.05, 0) is 70.6 Å². The molecule has 296 valence electrons. The average Bonchev–Trinajstić information content (AvgIpc) is 3.77. The molecular formula is C38H50N8O6S3. The van der Waals surface area contributed by atoms with E-state index >= 15 is 0 Å². The van der Waals surface area contributed by atoms with E-state index in [0.717, 1.165) is 27.1 Å². The molecule has 0 radical (unpaired) electrons. The summed E-state index contributed by atoms with van der Waals surface area (Å²) in [6.07, 6.45) is 0.429. The van der Waals surface area contributed by atoms with Gasteiger partial charge < -0.3 is 25.4 Å². The van der Waals surface area contributed by atoms with Gasteiger partial charge in [-0.15, -0.1) is 20.4 Å². The van der Waals surface area contributed by atoms with Crippen LogP contribution in [0.15, 0.2) is 60.7 Å². The monoisotopic (exact) mass is 810 g/mol. The molecule has 55 heavy (non-hydrogen) atoms. The van der Waals surface area contributed by atoms with Gasteiger partial charge in [0.1, 0.15) is 27.3 Å². The van der Waals surface area contributed by atoms with Crippen LogP contribution in [0.3, 0.4) is 0 Å². The Balaban J connectivity index is 1.26. The molecule has 0 saturated heterocycles. The second-order valence-electron chi connectivity index (χ2n) is 14.6. The molecule has 0 aliphatic carbocycles. The molecule has 3 atom stereocenters. The SMILES string of the molecule is CCC(NC(=O)OC(C)(C)C)(c1ccccc1)C(C)C(=O)Nc1nnc(CCSCCc2nnc(NC(=O)C(NC(=O)OC(C)(C)C)c3ccccc3)s2)s1.